The molecule has 2 fully saturated rings. The molecule has 1 heterocycles. The molecule has 0 aromatic heterocycles. The summed E-state index contributed by atoms with van der Waals surface area (Å²) in [7, 11) is 0. The Morgan fingerprint density at radius 2 is 1.58 bits per heavy atom. The molecule has 11 heteroatoms. The number of nitrogens with one attached hydrogen (secondary N) is 2. The van der Waals surface area contributed by atoms with Crippen LogP contribution in [-0.4, -0.2) is 42.6 Å². The highest BCUT2D eigenvalue weighted by atomic mass is 35.5. The Labute approximate surface area is 225 Å². The lowest BCUT2D eigenvalue weighted by Crippen LogP contribution is -2.32. The first-order chi connectivity index (χ1) is 17.6. The van der Waals surface area contributed by atoms with Crippen molar-refractivity contribution in [1.82, 2.24) is 5.32 Å². The van der Waals surface area contributed by atoms with Gasteiger partial charge in [0, 0.05) is 5.56 Å². The first kappa shape index (κ1) is 29.3. The Morgan fingerprint density at radius 1 is 1.00 bits per heavy atom. The minimum Gasteiger partial charge on any atom is -0.491 e. The van der Waals surface area contributed by atoms with Crippen LogP contribution in [0.4, 0.5) is 13.2 Å². The maximum atomic E-state index is 12.8. The van der Waals surface area contributed by atoms with Crippen LogP contribution >= 0.6 is 12.4 Å². The predicted octanol–water partition coefficient (Wildman–Crippen LogP) is 5.00. The molecule has 38 heavy (non-hydrogen) atoms. The van der Waals surface area contributed by atoms with Gasteiger partial charge in [0.1, 0.15) is 24.3 Å². The number of amidine groups is 1. The molecule has 1 aliphatic carbocycles. The Balaban J connectivity index is 0.00000400. The minimum atomic E-state index is -4.21. The lowest BCUT2D eigenvalue weighted by Gasteiger charge is -2.29. The summed E-state index contributed by atoms with van der Waals surface area (Å²) in [5, 5.41) is 10.3. The lowest BCUT2D eigenvalue weighted by atomic mass is 9.87. The highest BCUT2D eigenvalue weighted by Gasteiger charge is 2.42. The Hall–Kier alpha value is -3.27. The van der Waals surface area contributed by atoms with Gasteiger partial charge >= 0.3 is 12.1 Å². The summed E-state index contributed by atoms with van der Waals surface area (Å²) < 4.78 is 49.6. The molecule has 1 saturated heterocycles. The van der Waals surface area contributed by atoms with E-state index in [1.165, 1.54) is 0 Å². The van der Waals surface area contributed by atoms with Crippen molar-refractivity contribution in [1.29, 1.82) is 5.41 Å². The van der Waals surface area contributed by atoms with Crippen LogP contribution in [0.3, 0.4) is 0 Å². The summed E-state index contributed by atoms with van der Waals surface area (Å²) in [5.41, 5.74) is 8.09. The second-order valence-corrected chi connectivity index (χ2v) is 9.67. The van der Waals surface area contributed by atoms with Crippen molar-refractivity contribution in [2.45, 2.75) is 56.8 Å². The third-order valence-electron chi connectivity index (χ3n) is 6.97. The van der Waals surface area contributed by atoms with Crippen LogP contribution in [0.1, 0.15) is 44.1 Å². The smallest absolute Gasteiger partial charge is 0.391 e. The van der Waals surface area contributed by atoms with E-state index in [2.05, 4.69) is 5.32 Å². The molecular weight excluding hydrogens is 523 g/mol. The number of amides is 1. The maximum absolute atomic E-state index is 12.8. The molecule has 4 rings (SSSR count). The van der Waals surface area contributed by atoms with Gasteiger partial charge in [0.25, 0.3) is 0 Å². The molecule has 0 unspecified atom stereocenters. The number of carbonyl (C=O) groups is 2. The molecule has 206 valence electrons. The summed E-state index contributed by atoms with van der Waals surface area (Å²) in [6, 6.07) is 14.6. The summed E-state index contributed by atoms with van der Waals surface area (Å²) in [4.78, 5) is 24.6. The quantitative estimate of drug-likeness (QED) is 0.242. The molecule has 1 amide bonds. The van der Waals surface area contributed by atoms with Gasteiger partial charge in [0.2, 0.25) is 5.91 Å². The Morgan fingerprint density at radius 3 is 2.13 bits per heavy atom. The van der Waals surface area contributed by atoms with Gasteiger partial charge in [-0.3, -0.25) is 15.0 Å². The molecule has 7 nitrogen and oxygen atoms in total. The van der Waals surface area contributed by atoms with E-state index in [9.17, 15) is 22.8 Å². The van der Waals surface area contributed by atoms with Gasteiger partial charge in [-0.05, 0) is 55.4 Å². The molecule has 0 bridgehead atoms. The van der Waals surface area contributed by atoms with E-state index >= 15 is 0 Å². The fourth-order valence-electron chi connectivity index (χ4n) is 4.84. The van der Waals surface area contributed by atoms with E-state index in [-0.39, 0.29) is 68.9 Å². The normalized spacial score (nSPS) is 23.2. The SMILES string of the molecule is Cl.N=C(N)c1ccc(-c2ccc(OC[C@@H]3C[C@@H](CC(=O)OC4CCC(C(F)(F)F)CC4)C(=O)N3)cc2)cc1. The number of nitrogens with two attached hydrogens (primary N) is 1. The number of ether oxygens (including phenoxy) is 2. The van der Waals surface area contributed by atoms with Gasteiger partial charge in [0.05, 0.1) is 24.3 Å². The standard InChI is InChI=1S/C27H30F3N3O4.ClH/c28-27(29,30)20-7-11-23(12-8-20)37-24(34)14-19-13-21(33-26(19)35)15-36-22-9-5-17(6-10-22)16-1-3-18(4-2-16)25(31)32;/h1-6,9-10,19-21,23H,7-8,11-15H2,(H3,31,32)(H,33,35);1H/t19-,20?,21-,23?;/m0./s1. The molecule has 2 aromatic carbocycles. The molecule has 2 aliphatic rings. The number of rotatable bonds is 8. The van der Waals surface area contributed by atoms with Crippen LogP contribution in [0.25, 0.3) is 11.1 Å². The van der Waals surface area contributed by atoms with Gasteiger partial charge < -0.3 is 20.5 Å². The fourth-order valence-corrected chi connectivity index (χ4v) is 4.84. The molecule has 4 N–H and O–H groups in total. The van der Waals surface area contributed by atoms with Crippen molar-refractivity contribution < 1.29 is 32.2 Å². The zero-order valence-corrected chi connectivity index (χ0v) is 21.4. The summed E-state index contributed by atoms with van der Waals surface area (Å²) in [6.45, 7) is 0.241. The predicted molar refractivity (Wildman–Crippen MR) is 138 cm³/mol. The summed E-state index contributed by atoms with van der Waals surface area (Å²) in [5.74, 6) is -2.04. The van der Waals surface area contributed by atoms with Crippen molar-refractivity contribution in [3.05, 3.63) is 54.1 Å². The zero-order chi connectivity index (χ0) is 26.6. The number of carbonyl (C=O) groups excluding carboxylic acids is 2. The molecule has 2 atom stereocenters. The van der Waals surface area contributed by atoms with Gasteiger partial charge in [-0.25, -0.2) is 0 Å². The molecule has 1 saturated carbocycles. The van der Waals surface area contributed by atoms with Crippen molar-refractivity contribution in [2.24, 2.45) is 17.6 Å². The van der Waals surface area contributed by atoms with E-state index in [0.29, 0.717) is 17.7 Å². The van der Waals surface area contributed by atoms with Crippen molar-refractivity contribution in [3.63, 3.8) is 0 Å². The average molecular weight is 554 g/mol. The van der Waals surface area contributed by atoms with Crippen LogP contribution in [0.5, 0.6) is 5.75 Å². The Kier molecular flexibility index (Phi) is 9.65. The summed E-state index contributed by atoms with van der Waals surface area (Å²) >= 11 is 0. The molecular formula is C27H31ClF3N3O4. The van der Waals surface area contributed by atoms with Gasteiger partial charge in [0.15, 0.2) is 0 Å². The molecule has 0 spiro atoms. The van der Waals surface area contributed by atoms with Crippen LogP contribution in [-0.2, 0) is 14.3 Å². The highest BCUT2D eigenvalue weighted by Crippen LogP contribution is 2.38. The van der Waals surface area contributed by atoms with Crippen molar-refractivity contribution in [2.75, 3.05) is 6.61 Å². The summed E-state index contributed by atoms with van der Waals surface area (Å²) in [6.07, 6.45) is -4.13. The van der Waals surface area contributed by atoms with Crippen LogP contribution in [0.15, 0.2) is 48.5 Å². The fraction of sp³-hybridized carbons (Fsp3) is 0.444. The number of alkyl halides is 3. The number of nitrogen functional groups attached to an aromatic ring is 1. The maximum Gasteiger partial charge on any atom is 0.391 e. The first-order valence-corrected chi connectivity index (χ1v) is 12.3. The lowest BCUT2D eigenvalue weighted by molar-refractivity contribution is -0.188. The molecule has 1 aliphatic heterocycles. The third kappa shape index (κ3) is 7.63. The zero-order valence-electron chi connectivity index (χ0n) is 20.6. The van der Waals surface area contributed by atoms with Crippen molar-refractivity contribution in [3.8, 4) is 16.9 Å². The number of hydrogen-bond acceptors (Lipinski definition) is 5. The number of hydrogen-bond donors (Lipinski definition) is 3. The first-order valence-electron chi connectivity index (χ1n) is 12.3. The topological polar surface area (TPSA) is 115 Å². The van der Waals surface area contributed by atoms with E-state index in [0.717, 1.165) is 11.1 Å². The second-order valence-electron chi connectivity index (χ2n) is 9.67. The van der Waals surface area contributed by atoms with Crippen LogP contribution in [0, 0.1) is 17.2 Å². The van der Waals surface area contributed by atoms with E-state index < -0.39 is 30.1 Å². The number of benzene rings is 2. The van der Waals surface area contributed by atoms with E-state index in [1.807, 2.05) is 36.4 Å². The second kappa shape index (κ2) is 12.5. The highest BCUT2D eigenvalue weighted by molar-refractivity contribution is 5.95. The molecule has 0 radical (unpaired) electrons. The molecule has 2 aromatic rings. The number of esters is 1. The largest absolute Gasteiger partial charge is 0.491 e. The average Bonchev–Trinajstić information content (AvgIpc) is 3.21. The van der Waals surface area contributed by atoms with Crippen molar-refractivity contribution >= 4 is 30.1 Å². The monoisotopic (exact) mass is 553 g/mol. The van der Waals surface area contributed by atoms with Crippen LogP contribution in [0.2, 0.25) is 0 Å². The minimum absolute atomic E-state index is 0. The van der Waals surface area contributed by atoms with Gasteiger partial charge in [-0.2, -0.15) is 13.2 Å². The van der Waals surface area contributed by atoms with E-state index in [1.54, 1.807) is 12.1 Å². The number of halogens is 4. The van der Waals surface area contributed by atoms with Gasteiger partial charge in [-0.1, -0.05) is 36.4 Å². The van der Waals surface area contributed by atoms with E-state index in [4.69, 9.17) is 20.6 Å². The van der Waals surface area contributed by atoms with Crippen LogP contribution < -0.4 is 15.8 Å². The third-order valence-corrected chi connectivity index (χ3v) is 6.97. The van der Waals surface area contributed by atoms with Gasteiger partial charge in [-0.15, -0.1) is 12.4 Å². The Bertz CT molecular complexity index is 1120.